The third-order valence-corrected chi connectivity index (χ3v) is 5.10. The third-order valence-electron chi connectivity index (χ3n) is 4.32. The lowest BCUT2D eigenvalue weighted by Gasteiger charge is -2.07. The Morgan fingerprint density at radius 1 is 0.815 bits per heavy atom. The van der Waals surface area contributed by atoms with Crippen LogP contribution in [-0.2, 0) is 6.42 Å². The Morgan fingerprint density at radius 2 is 1.59 bits per heavy atom. The fraction of sp³-hybridized carbons (Fsp3) is 0.136. The van der Waals surface area contributed by atoms with Crippen molar-refractivity contribution >= 4 is 17.2 Å². The Kier molecular flexibility index (Phi) is 5.21. The number of aromatic nitrogens is 3. The summed E-state index contributed by atoms with van der Waals surface area (Å²) >= 11 is 1.68. The van der Waals surface area contributed by atoms with Crippen LogP contribution in [0.1, 0.15) is 10.6 Å². The van der Waals surface area contributed by atoms with E-state index in [1.165, 1.54) is 11.1 Å². The highest BCUT2D eigenvalue weighted by Crippen LogP contribution is 2.22. The lowest BCUT2D eigenvalue weighted by molar-refractivity contribution is 0.970. The average Bonchev–Trinajstić information content (AvgIpc) is 3.16. The molecule has 0 aliphatic carbocycles. The molecule has 5 heteroatoms. The van der Waals surface area contributed by atoms with Crippen LogP contribution in [0.4, 0.5) is 5.82 Å². The molecule has 0 aliphatic rings. The summed E-state index contributed by atoms with van der Waals surface area (Å²) in [6.45, 7) is 2.85. The minimum atomic E-state index is 0.796. The van der Waals surface area contributed by atoms with Gasteiger partial charge in [-0.25, -0.2) is 4.98 Å². The number of benzene rings is 2. The monoisotopic (exact) mass is 372 g/mol. The first-order chi connectivity index (χ1) is 13.3. The van der Waals surface area contributed by atoms with E-state index in [1.54, 1.807) is 11.3 Å². The molecule has 0 radical (unpaired) electrons. The fourth-order valence-electron chi connectivity index (χ4n) is 2.86. The van der Waals surface area contributed by atoms with Crippen LogP contribution in [0.3, 0.4) is 0 Å². The molecule has 4 rings (SSSR count). The number of rotatable bonds is 6. The second-order valence-electron chi connectivity index (χ2n) is 6.30. The minimum absolute atomic E-state index is 0.796. The first-order valence-corrected chi connectivity index (χ1v) is 9.80. The van der Waals surface area contributed by atoms with Gasteiger partial charge in [-0.1, -0.05) is 54.6 Å². The molecule has 0 fully saturated rings. The van der Waals surface area contributed by atoms with Gasteiger partial charge in [0, 0.05) is 23.1 Å². The maximum atomic E-state index is 4.53. The van der Waals surface area contributed by atoms with Gasteiger partial charge in [-0.2, -0.15) is 0 Å². The van der Waals surface area contributed by atoms with Gasteiger partial charge in [0.2, 0.25) is 0 Å². The van der Waals surface area contributed by atoms with Crippen molar-refractivity contribution in [3.05, 3.63) is 82.7 Å². The van der Waals surface area contributed by atoms with Crippen molar-refractivity contribution in [1.29, 1.82) is 0 Å². The first kappa shape index (κ1) is 17.4. The van der Waals surface area contributed by atoms with Crippen molar-refractivity contribution in [2.24, 2.45) is 0 Å². The molecule has 0 saturated heterocycles. The quantitative estimate of drug-likeness (QED) is 0.503. The number of hydrogen-bond donors (Lipinski definition) is 1. The summed E-state index contributed by atoms with van der Waals surface area (Å²) in [6.07, 6.45) is 0.929. The fourth-order valence-corrected chi connectivity index (χ4v) is 3.48. The predicted molar refractivity (Wildman–Crippen MR) is 112 cm³/mol. The molecule has 0 aliphatic heterocycles. The molecule has 134 valence electrons. The molecule has 1 N–H and O–H groups in total. The van der Waals surface area contributed by atoms with Crippen molar-refractivity contribution in [2.45, 2.75) is 13.3 Å². The second kappa shape index (κ2) is 8.10. The SMILES string of the molecule is Cc1nc(-c2ccc(CCNc3ccc(-c4ccccc4)nn3)cc2)cs1. The molecule has 2 heterocycles. The number of nitrogens with one attached hydrogen (secondary N) is 1. The molecule has 0 spiro atoms. The van der Waals surface area contributed by atoms with Gasteiger partial charge >= 0.3 is 0 Å². The highest BCUT2D eigenvalue weighted by Gasteiger charge is 2.03. The smallest absolute Gasteiger partial charge is 0.148 e. The van der Waals surface area contributed by atoms with Gasteiger partial charge in [0.1, 0.15) is 5.82 Å². The molecule has 2 aromatic heterocycles. The number of hydrogen-bond acceptors (Lipinski definition) is 5. The van der Waals surface area contributed by atoms with Crippen LogP contribution in [0.2, 0.25) is 0 Å². The molecule has 0 amide bonds. The lowest BCUT2D eigenvalue weighted by atomic mass is 10.1. The van der Waals surface area contributed by atoms with Crippen LogP contribution < -0.4 is 5.32 Å². The van der Waals surface area contributed by atoms with E-state index in [2.05, 4.69) is 50.1 Å². The highest BCUT2D eigenvalue weighted by atomic mass is 32.1. The van der Waals surface area contributed by atoms with E-state index in [9.17, 15) is 0 Å². The average molecular weight is 372 g/mol. The molecular formula is C22H20N4S. The lowest BCUT2D eigenvalue weighted by Crippen LogP contribution is -2.07. The molecule has 0 saturated carbocycles. The van der Waals surface area contributed by atoms with Crippen LogP contribution in [-0.4, -0.2) is 21.7 Å². The van der Waals surface area contributed by atoms with E-state index in [1.807, 2.05) is 49.4 Å². The number of anilines is 1. The largest absolute Gasteiger partial charge is 0.368 e. The summed E-state index contributed by atoms with van der Waals surface area (Å²) in [5.41, 5.74) is 5.46. The minimum Gasteiger partial charge on any atom is -0.368 e. The molecule has 27 heavy (non-hydrogen) atoms. The summed E-state index contributed by atoms with van der Waals surface area (Å²) in [4.78, 5) is 4.53. The van der Waals surface area contributed by atoms with E-state index in [4.69, 9.17) is 0 Å². The van der Waals surface area contributed by atoms with Gasteiger partial charge in [0.05, 0.1) is 16.4 Å². The maximum Gasteiger partial charge on any atom is 0.148 e. The molecule has 2 aromatic carbocycles. The van der Waals surface area contributed by atoms with Gasteiger partial charge in [-0.3, -0.25) is 0 Å². The normalized spacial score (nSPS) is 10.7. The Hall–Kier alpha value is -3.05. The van der Waals surface area contributed by atoms with Gasteiger partial charge in [-0.05, 0) is 31.0 Å². The van der Waals surface area contributed by atoms with Crippen molar-refractivity contribution < 1.29 is 0 Å². The van der Waals surface area contributed by atoms with Gasteiger partial charge in [0.15, 0.2) is 0 Å². The summed E-state index contributed by atoms with van der Waals surface area (Å²) in [7, 11) is 0. The van der Waals surface area contributed by atoms with Gasteiger partial charge < -0.3 is 5.32 Å². The molecule has 0 bridgehead atoms. The summed E-state index contributed by atoms with van der Waals surface area (Å²) in [5.74, 6) is 0.796. The van der Waals surface area contributed by atoms with Crippen molar-refractivity contribution in [3.63, 3.8) is 0 Å². The van der Waals surface area contributed by atoms with Gasteiger partial charge in [-0.15, -0.1) is 21.5 Å². The third kappa shape index (κ3) is 4.38. The number of nitrogens with zero attached hydrogens (tertiary/aromatic N) is 3. The summed E-state index contributed by atoms with van der Waals surface area (Å²) in [6, 6.07) is 22.6. The molecular weight excluding hydrogens is 352 g/mol. The van der Waals surface area contributed by atoms with E-state index < -0.39 is 0 Å². The topological polar surface area (TPSA) is 50.7 Å². The van der Waals surface area contributed by atoms with Crippen molar-refractivity contribution in [2.75, 3.05) is 11.9 Å². The summed E-state index contributed by atoms with van der Waals surface area (Å²) < 4.78 is 0. The number of aryl methyl sites for hydroxylation is 1. The summed E-state index contributed by atoms with van der Waals surface area (Å²) in [5, 5.41) is 15.1. The Morgan fingerprint density at radius 3 is 2.26 bits per heavy atom. The van der Waals surface area contributed by atoms with Crippen molar-refractivity contribution in [3.8, 4) is 22.5 Å². The zero-order valence-corrected chi connectivity index (χ0v) is 15.9. The van der Waals surface area contributed by atoms with Crippen LogP contribution >= 0.6 is 11.3 Å². The first-order valence-electron chi connectivity index (χ1n) is 8.92. The van der Waals surface area contributed by atoms with E-state index >= 15 is 0 Å². The molecule has 0 atom stereocenters. The molecule has 0 unspecified atom stereocenters. The van der Waals surface area contributed by atoms with E-state index in [0.717, 1.165) is 40.7 Å². The predicted octanol–water partition coefficient (Wildman–Crippen LogP) is 5.23. The molecule has 4 nitrogen and oxygen atoms in total. The highest BCUT2D eigenvalue weighted by molar-refractivity contribution is 7.09. The van der Waals surface area contributed by atoms with E-state index in [0.29, 0.717) is 0 Å². The van der Waals surface area contributed by atoms with Crippen LogP contribution in [0.15, 0.2) is 72.1 Å². The zero-order valence-electron chi connectivity index (χ0n) is 15.1. The zero-order chi connectivity index (χ0) is 18.5. The molecule has 4 aromatic rings. The van der Waals surface area contributed by atoms with E-state index in [-0.39, 0.29) is 0 Å². The Bertz CT molecular complexity index is 993. The Balaban J connectivity index is 1.32. The number of thiazole rings is 1. The maximum absolute atomic E-state index is 4.53. The van der Waals surface area contributed by atoms with Crippen molar-refractivity contribution in [1.82, 2.24) is 15.2 Å². The Labute approximate surface area is 163 Å². The van der Waals surface area contributed by atoms with Crippen LogP contribution in [0.5, 0.6) is 0 Å². The van der Waals surface area contributed by atoms with Gasteiger partial charge in [0.25, 0.3) is 0 Å². The standard InChI is InChI=1S/C22H20N4S/c1-16-24-21(15-27-16)19-9-7-17(8-10-19)13-14-23-22-12-11-20(25-26-22)18-5-3-2-4-6-18/h2-12,15H,13-14H2,1H3,(H,23,26). The second-order valence-corrected chi connectivity index (χ2v) is 7.36. The van der Waals surface area contributed by atoms with Crippen LogP contribution in [0.25, 0.3) is 22.5 Å². The van der Waals surface area contributed by atoms with Crippen LogP contribution in [0, 0.1) is 6.92 Å².